The summed E-state index contributed by atoms with van der Waals surface area (Å²) in [6.07, 6.45) is 0.807. The number of fused-ring (bicyclic) bond motifs is 2. The summed E-state index contributed by atoms with van der Waals surface area (Å²) in [6, 6.07) is 9.16. The zero-order valence-corrected chi connectivity index (χ0v) is 16.0. The van der Waals surface area contributed by atoms with Crippen LogP contribution in [0.3, 0.4) is 0 Å². The number of urea groups is 1. The monoisotopic (exact) mass is 367 g/mol. The molecule has 3 aliphatic rings. The number of hydrogen-bond donors (Lipinski definition) is 0. The molecule has 3 amide bonds. The van der Waals surface area contributed by atoms with Crippen LogP contribution >= 0.6 is 0 Å². The Morgan fingerprint density at radius 2 is 1.81 bits per heavy atom. The molecule has 27 heavy (non-hydrogen) atoms. The fourth-order valence-corrected chi connectivity index (χ4v) is 3.69. The third-order valence-corrected chi connectivity index (χ3v) is 5.44. The smallest absolute Gasteiger partial charge is 0.270 e. The molecule has 0 saturated carbocycles. The zero-order valence-electron chi connectivity index (χ0n) is 16.0. The Bertz CT molecular complexity index is 904. The molecule has 8 nitrogen and oxygen atoms in total. The van der Waals surface area contributed by atoms with Crippen LogP contribution in [0.4, 0.5) is 4.79 Å². The van der Waals surface area contributed by atoms with E-state index in [1.807, 2.05) is 41.6 Å². The van der Waals surface area contributed by atoms with E-state index in [0.29, 0.717) is 18.3 Å². The molecule has 140 valence electrons. The van der Waals surface area contributed by atoms with E-state index in [-0.39, 0.29) is 18.0 Å². The van der Waals surface area contributed by atoms with Gasteiger partial charge in [0, 0.05) is 20.5 Å². The number of hydrogen-bond acceptors (Lipinski definition) is 5. The Balaban J connectivity index is 1.69. The van der Waals surface area contributed by atoms with Gasteiger partial charge in [-0.25, -0.2) is 9.37 Å². The molecule has 0 spiro atoms. The maximum Gasteiger partial charge on any atom is 0.416 e. The molecule has 1 fully saturated rings. The van der Waals surface area contributed by atoms with Crippen molar-refractivity contribution in [3.8, 4) is 0 Å². The second-order valence-electron chi connectivity index (χ2n) is 7.09. The van der Waals surface area contributed by atoms with E-state index in [9.17, 15) is 9.59 Å². The van der Waals surface area contributed by atoms with E-state index in [4.69, 9.17) is 5.10 Å². The van der Waals surface area contributed by atoms with Gasteiger partial charge in [0.2, 0.25) is 11.9 Å². The first kappa shape index (κ1) is 17.4. The van der Waals surface area contributed by atoms with Crippen LogP contribution in [0, 0.1) is 0 Å². The van der Waals surface area contributed by atoms with E-state index in [2.05, 4.69) is 17.1 Å². The van der Waals surface area contributed by atoms with Crippen molar-refractivity contribution < 1.29 is 14.2 Å². The molecule has 1 aromatic rings. The predicted octanol–water partition coefficient (Wildman–Crippen LogP) is 0.982. The van der Waals surface area contributed by atoms with Crippen LogP contribution in [0.25, 0.3) is 0 Å². The Labute approximate surface area is 158 Å². The van der Waals surface area contributed by atoms with Gasteiger partial charge in [-0.05, 0) is 19.4 Å². The maximum absolute atomic E-state index is 12.8. The zero-order chi connectivity index (χ0) is 19.3. The van der Waals surface area contributed by atoms with Crippen molar-refractivity contribution in [2.75, 3.05) is 20.6 Å². The third kappa shape index (κ3) is 2.63. The molecule has 4 rings (SSSR count). The van der Waals surface area contributed by atoms with Gasteiger partial charge in [0.15, 0.2) is 0 Å². The van der Waals surface area contributed by atoms with E-state index in [0.717, 1.165) is 17.0 Å². The van der Waals surface area contributed by atoms with Crippen molar-refractivity contribution >= 4 is 29.4 Å². The predicted molar refractivity (Wildman–Crippen MR) is 102 cm³/mol. The van der Waals surface area contributed by atoms with Crippen LogP contribution in [0.5, 0.6) is 0 Å². The summed E-state index contributed by atoms with van der Waals surface area (Å²) in [5.74, 6) is 0.850. The molecule has 0 aromatic heterocycles. The van der Waals surface area contributed by atoms with Crippen LogP contribution < -0.4 is 0 Å². The van der Waals surface area contributed by atoms with Crippen LogP contribution in [0.15, 0.2) is 40.4 Å². The highest BCUT2D eigenvalue weighted by Crippen LogP contribution is 2.24. The Hall–Kier alpha value is -3.03. The minimum atomic E-state index is -0.590. The molecule has 3 heterocycles. The van der Waals surface area contributed by atoms with E-state index in [1.165, 1.54) is 17.5 Å². The number of carbonyl (C=O) groups excluding carboxylic acids is 2. The number of nitrogens with zero attached hydrogens (tertiary/aromatic N) is 6. The van der Waals surface area contributed by atoms with Crippen molar-refractivity contribution in [2.24, 2.45) is 10.1 Å². The molecule has 1 saturated heterocycles. The van der Waals surface area contributed by atoms with Gasteiger partial charge in [0.25, 0.3) is 5.91 Å². The summed E-state index contributed by atoms with van der Waals surface area (Å²) in [4.78, 5) is 32.4. The fraction of sp³-hybridized carbons (Fsp3) is 0.421. The summed E-state index contributed by atoms with van der Waals surface area (Å²) >= 11 is 0. The van der Waals surface area contributed by atoms with Gasteiger partial charge < -0.3 is 0 Å². The number of aliphatic imine (C=N–C) groups is 1. The molecule has 2 unspecified atom stereocenters. The Kier molecular flexibility index (Phi) is 4.05. The topological polar surface area (TPSA) is 71.6 Å². The van der Waals surface area contributed by atoms with Crippen molar-refractivity contribution in [3.63, 3.8) is 0 Å². The largest absolute Gasteiger partial charge is 0.416 e. The second kappa shape index (κ2) is 6.29. The lowest BCUT2D eigenvalue weighted by Crippen LogP contribution is -2.63. The van der Waals surface area contributed by atoms with Gasteiger partial charge >= 0.3 is 12.0 Å². The van der Waals surface area contributed by atoms with Crippen molar-refractivity contribution in [2.45, 2.75) is 32.4 Å². The maximum atomic E-state index is 12.8. The van der Waals surface area contributed by atoms with Gasteiger partial charge in [0.1, 0.15) is 6.04 Å². The Morgan fingerprint density at radius 3 is 2.52 bits per heavy atom. The van der Waals surface area contributed by atoms with Crippen LogP contribution in [-0.4, -0.2) is 81.6 Å². The van der Waals surface area contributed by atoms with Gasteiger partial charge in [-0.1, -0.05) is 35.3 Å². The van der Waals surface area contributed by atoms with Crippen molar-refractivity contribution in [1.29, 1.82) is 0 Å². The van der Waals surface area contributed by atoms with Gasteiger partial charge in [-0.2, -0.15) is 0 Å². The normalized spacial score (nSPS) is 24.8. The van der Waals surface area contributed by atoms with Gasteiger partial charge in [0.05, 0.1) is 12.3 Å². The number of carbonyl (C=O) groups is 2. The highest BCUT2D eigenvalue weighted by atomic mass is 16.2. The molecular weight excluding hydrogens is 344 g/mol. The first-order valence-electron chi connectivity index (χ1n) is 9.06. The van der Waals surface area contributed by atoms with Crippen LogP contribution in [0.2, 0.25) is 0 Å². The standard InChI is InChI=1S/C19H23N6O2/c1-12-13(2)25-15-16(22(3)19(27)23(4)17(15)26)20-18(25)24(21-12)11-10-14-8-6-5-7-9-14/h5-9,13,15H,10-11H2,1-4H3/q+1. The first-order chi connectivity index (χ1) is 12.9. The second-order valence-corrected chi connectivity index (χ2v) is 7.09. The van der Waals surface area contributed by atoms with Gasteiger partial charge in [-0.3, -0.25) is 14.6 Å². The number of benzene rings is 1. The summed E-state index contributed by atoms with van der Waals surface area (Å²) in [6.45, 7) is 4.61. The van der Waals surface area contributed by atoms with E-state index in [1.54, 1.807) is 7.05 Å². The van der Waals surface area contributed by atoms with Crippen molar-refractivity contribution in [1.82, 2.24) is 14.8 Å². The molecule has 8 heteroatoms. The lowest BCUT2D eigenvalue weighted by Gasteiger charge is -2.33. The number of hydrazone groups is 1. The molecule has 3 aliphatic heterocycles. The summed E-state index contributed by atoms with van der Waals surface area (Å²) in [5, 5.41) is 6.55. The van der Waals surface area contributed by atoms with E-state index < -0.39 is 6.04 Å². The summed E-state index contributed by atoms with van der Waals surface area (Å²) in [5.41, 5.74) is 2.13. The quantitative estimate of drug-likeness (QED) is 0.748. The number of likely N-dealkylation sites (N-methyl/N-ethyl adjacent to an activating group) is 2. The number of rotatable bonds is 3. The number of amides is 3. The molecule has 1 aromatic carbocycles. The highest BCUT2D eigenvalue weighted by Gasteiger charge is 2.55. The number of amidine groups is 1. The molecular formula is C19H23N6O2+. The SMILES string of the molecule is CC1=NN(CCc2ccccc2)C2=[N+](C1C)C1C(=O)N(C)C(=O)N(C)C1=N2. The highest BCUT2D eigenvalue weighted by molar-refractivity contribution is 6.23. The molecule has 0 bridgehead atoms. The summed E-state index contributed by atoms with van der Waals surface area (Å²) < 4.78 is 1.98. The van der Waals surface area contributed by atoms with Crippen molar-refractivity contribution in [3.05, 3.63) is 35.9 Å². The van der Waals surface area contributed by atoms with Crippen LogP contribution in [-0.2, 0) is 11.2 Å². The molecule has 0 N–H and O–H groups in total. The molecule has 0 radical (unpaired) electrons. The average molecular weight is 367 g/mol. The molecule has 0 aliphatic carbocycles. The van der Waals surface area contributed by atoms with E-state index >= 15 is 0 Å². The molecule has 2 atom stereocenters. The minimum Gasteiger partial charge on any atom is -0.270 e. The fourth-order valence-electron chi connectivity index (χ4n) is 3.69. The minimum absolute atomic E-state index is 0.0711. The third-order valence-electron chi connectivity index (χ3n) is 5.44. The first-order valence-corrected chi connectivity index (χ1v) is 9.06. The average Bonchev–Trinajstić information content (AvgIpc) is 3.08. The van der Waals surface area contributed by atoms with Gasteiger partial charge in [-0.15, -0.1) is 10.1 Å². The lowest BCUT2D eigenvalue weighted by molar-refractivity contribution is -0.559. The number of imide groups is 1. The lowest BCUT2D eigenvalue weighted by atomic mass is 10.1. The van der Waals surface area contributed by atoms with Crippen LogP contribution in [0.1, 0.15) is 19.4 Å². The summed E-state index contributed by atoms with van der Waals surface area (Å²) in [7, 11) is 3.17. The number of guanidine groups is 1. The Morgan fingerprint density at radius 1 is 1.11 bits per heavy atom.